The van der Waals surface area contributed by atoms with E-state index in [1.165, 1.54) is 11.1 Å². The molecule has 2 aromatic carbocycles. The van der Waals surface area contributed by atoms with Gasteiger partial charge in [0.15, 0.2) is 0 Å². The highest BCUT2D eigenvalue weighted by molar-refractivity contribution is 5.86. The Balaban J connectivity index is 0.00000432. The van der Waals surface area contributed by atoms with Gasteiger partial charge in [-0.05, 0) is 75.3 Å². The average molecular weight is 503 g/mol. The van der Waals surface area contributed by atoms with Crippen LogP contribution in [0.1, 0.15) is 50.2 Å². The van der Waals surface area contributed by atoms with Crippen LogP contribution in [0, 0.1) is 5.92 Å². The summed E-state index contributed by atoms with van der Waals surface area (Å²) in [7, 11) is 0. The van der Waals surface area contributed by atoms with E-state index in [0.29, 0.717) is 26.2 Å². The molecule has 0 bridgehead atoms. The van der Waals surface area contributed by atoms with Crippen LogP contribution in [0.4, 0.5) is 0 Å². The number of nitrogens with two attached hydrogens (primary N) is 1. The molecule has 0 radical (unpaired) electrons. The fourth-order valence-electron chi connectivity index (χ4n) is 4.53. The quantitative estimate of drug-likeness (QED) is 0.302. The molecule has 0 unspecified atom stereocenters. The maximum Gasteiger partial charge on any atom is 0.306 e. The van der Waals surface area contributed by atoms with Crippen LogP contribution < -0.4 is 10.5 Å². The molecule has 1 fully saturated rings. The van der Waals surface area contributed by atoms with E-state index in [1.54, 1.807) is 6.92 Å². The Labute approximate surface area is 215 Å². The number of hydrogen-bond acceptors (Lipinski definition) is 5. The number of likely N-dealkylation sites (tertiary alicyclic amines) is 1. The molecule has 6 nitrogen and oxygen atoms in total. The second-order valence-corrected chi connectivity index (χ2v) is 8.92. The molecule has 1 amide bonds. The fourth-order valence-corrected chi connectivity index (χ4v) is 4.53. The second kappa shape index (κ2) is 15.4. The van der Waals surface area contributed by atoms with E-state index in [0.717, 1.165) is 44.4 Å². The van der Waals surface area contributed by atoms with Gasteiger partial charge < -0.3 is 20.1 Å². The Kier molecular flexibility index (Phi) is 12.6. The summed E-state index contributed by atoms with van der Waals surface area (Å²) in [5.74, 6) is 0.184. The molecule has 7 heteroatoms. The lowest BCUT2D eigenvalue weighted by Gasteiger charge is -2.25. The van der Waals surface area contributed by atoms with Crippen molar-refractivity contribution in [1.82, 2.24) is 4.90 Å². The lowest BCUT2D eigenvalue weighted by Crippen LogP contribution is -2.38. The molecule has 0 saturated carbocycles. The molecule has 1 heterocycles. The average Bonchev–Trinajstić information content (AvgIpc) is 3.13. The normalized spacial score (nSPS) is 17.2. The highest BCUT2D eigenvalue weighted by Crippen LogP contribution is 2.29. The van der Waals surface area contributed by atoms with Gasteiger partial charge in [0.2, 0.25) is 5.91 Å². The van der Waals surface area contributed by atoms with Crippen molar-refractivity contribution >= 4 is 24.3 Å². The molecular weight excluding hydrogens is 464 g/mol. The molecule has 35 heavy (non-hydrogen) atoms. The third-order valence-electron chi connectivity index (χ3n) is 6.34. The van der Waals surface area contributed by atoms with Crippen LogP contribution >= 0.6 is 12.4 Å². The van der Waals surface area contributed by atoms with Gasteiger partial charge in [-0.1, -0.05) is 42.5 Å². The van der Waals surface area contributed by atoms with Gasteiger partial charge >= 0.3 is 5.97 Å². The van der Waals surface area contributed by atoms with Crippen molar-refractivity contribution in [2.45, 2.75) is 57.9 Å². The summed E-state index contributed by atoms with van der Waals surface area (Å²) < 4.78 is 11.2. The van der Waals surface area contributed by atoms with Gasteiger partial charge in [0, 0.05) is 6.54 Å². The predicted molar refractivity (Wildman–Crippen MR) is 141 cm³/mol. The third-order valence-corrected chi connectivity index (χ3v) is 6.34. The van der Waals surface area contributed by atoms with Gasteiger partial charge in [-0.2, -0.15) is 0 Å². The summed E-state index contributed by atoms with van der Waals surface area (Å²) >= 11 is 0. The lowest BCUT2D eigenvalue weighted by molar-refractivity contribution is -0.147. The van der Waals surface area contributed by atoms with Crippen molar-refractivity contribution in [3.63, 3.8) is 0 Å². The smallest absolute Gasteiger partial charge is 0.306 e. The van der Waals surface area contributed by atoms with E-state index < -0.39 is 0 Å². The van der Waals surface area contributed by atoms with E-state index in [-0.39, 0.29) is 42.7 Å². The van der Waals surface area contributed by atoms with Gasteiger partial charge in [0.1, 0.15) is 12.4 Å². The Hall–Kier alpha value is -2.57. The number of ether oxygens (including phenoxy) is 2. The molecule has 1 aliphatic heterocycles. The number of aryl methyl sites for hydroxylation is 2. The molecule has 2 N–H and O–H groups in total. The molecule has 1 saturated heterocycles. The van der Waals surface area contributed by atoms with Gasteiger partial charge in [0.25, 0.3) is 0 Å². The number of hydrogen-bond donors (Lipinski definition) is 1. The fraction of sp³-hybridized carbons (Fsp3) is 0.500. The lowest BCUT2D eigenvalue weighted by atomic mass is 10.0. The van der Waals surface area contributed by atoms with Gasteiger partial charge in [-0.25, -0.2) is 0 Å². The molecule has 0 spiro atoms. The molecule has 2 aromatic rings. The summed E-state index contributed by atoms with van der Waals surface area (Å²) in [4.78, 5) is 27.1. The van der Waals surface area contributed by atoms with Gasteiger partial charge in [0.05, 0.1) is 25.0 Å². The number of benzene rings is 2. The van der Waals surface area contributed by atoms with E-state index >= 15 is 0 Å². The summed E-state index contributed by atoms with van der Waals surface area (Å²) in [6, 6.07) is 18.4. The molecule has 0 aliphatic carbocycles. The number of rotatable bonds is 14. The molecule has 0 aromatic heterocycles. The number of carbonyl (C=O) groups is 2. The predicted octanol–water partition coefficient (Wildman–Crippen LogP) is 4.57. The first-order chi connectivity index (χ1) is 16.6. The van der Waals surface area contributed by atoms with Crippen molar-refractivity contribution < 1.29 is 19.1 Å². The van der Waals surface area contributed by atoms with Crippen LogP contribution in [0.2, 0.25) is 0 Å². The first-order valence-corrected chi connectivity index (χ1v) is 12.5. The standard InChI is InChI=1S/C28H38N2O4.ClH/c1-2-33-27(31)20-24-19-25(21-34-26-15-13-23(14-16-26)11-6-7-17-29)30(28(24)32)18-8-12-22-9-4-3-5-10-22;/h3-5,9-10,13-16,24-25H,2,6-8,11-12,17-21,29H2,1H3;1H/t24-,25-;/m0./s1. The van der Waals surface area contributed by atoms with Crippen molar-refractivity contribution in [2.75, 3.05) is 26.3 Å². The van der Waals surface area contributed by atoms with E-state index in [2.05, 4.69) is 24.3 Å². The minimum atomic E-state index is -0.339. The minimum Gasteiger partial charge on any atom is -0.491 e. The topological polar surface area (TPSA) is 81.9 Å². The number of carbonyl (C=O) groups excluding carboxylic acids is 2. The van der Waals surface area contributed by atoms with Crippen molar-refractivity contribution in [3.05, 3.63) is 65.7 Å². The number of nitrogens with zero attached hydrogens (tertiary/aromatic N) is 1. The molecule has 1 aliphatic rings. The zero-order valence-electron chi connectivity index (χ0n) is 20.7. The van der Waals surface area contributed by atoms with Gasteiger partial charge in [-0.3, -0.25) is 9.59 Å². The monoisotopic (exact) mass is 502 g/mol. The van der Waals surface area contributed by atoms with Gasteiger partial charge in [-0.15, -0.1) is 12.4 Å². The SMILES string of the molecule is CCOC(=O)C[C@@H]1C[C@@H](COc2ccc(CCCCN)cc2)N(CCCc2ccccc2)C1=O.Cl. The van der Waals surface area contributed by atoms with Crippen LogP contribution in [0.15, 0.2) is 54.6 Å². The summed E-state index contributed by atoms with van der Waals surface area (Å²) in [6.07, 6.45) is 5.65. The number of unbranched alkanes of at least 4 members (excludes halogenated alkanes) is 1. The summed E-state index contributed by atoms with van der Waals surface area (Å²) in [5, 5.41) is 0. The van der Waals surface area contributed by atoms with Crippen LogP contribution in [0.3, 0.4) is 0 Å². The van der Waals surface area contributed by atoms with Crippen molar-refractivity contribution in [3.8, 4) is 5.75 Å². The Morgan fingerprint density at radius 2 is 1.69 bits per heavy atom. The number of esters is 1. The Morgan fingerprint density at radius 3 is 2.37 bits per heavy atom. The van der Waals surface area contributed by atoms with Crippen molar-refractivity contribution in [1.29, 1.82) is 0 Å². The first kappa shape index (κ1) is 28.7. The first-order valence-electron chi connectivity index (χ1n) is 12.5. The second-order valence-electron chi connectivity index (χ2n) is 8.92. The number of amides is 1. The summed E-state index contributed by atoms with van der Waals surface area (Å²) in [6.45, 7) is 3.91. The van der Waals surface area contributed by atoms with Crippen LogP contribution in [0.5, 0.6) is 5.75 Å². The van der Waals surface area contributed by atoms with E-state index in [9.17, 15) is 9.59 Å². The highest BCUT2D eigenvalue weighted by Gasteiger charge is 2.40. The minimum absolute atomic E-state index is 0. The Morgan fingerprint density at radius 1 is 1.00 bits per heavy atom. The van der Waals surface area contributed by atoms with Crippen molar-refractivity contribution in [2.24, 2.45) is 11.7 Å². The maximum absolute atomic E-state index is 13.1. The van der Waals surface area contributed by atoms with Crippen LogP contribution in [-0.2, 0) is 27.2 Å². The number of halogens is 1. The molecular formula is C28H39ClN2O4. The van der Waals surface area contributed by atoms with Crippen LogP contribution in [-0.4, -0.2) is 49.1 Å². The molecule has 192 valence electrons. The molecule has 2 atom stereocenters. The third kappa shape index (κ3) is 9.19. The highest BCUT2D eigenvalue weighted by atomic mass is 35.5. The zero-order chi connectivity index (χ0) is 24.2. The van der Waals surface area contributed by atoms with Crippen LogP contribution in [0.25, 0.3) is 0 Å². The largest absolute Gasteiger partial charge is 0.491 e. The molecule has 3 rings (SSSR count). The Bertz CT molecular complexity index is 892. The van der Waals surface area contributed by atoms with E-state index in [4.69, 9.17) is 15.2 Å². The summed E-state index contributed by atoms with van der Waals surface area (Å²) in [5.41, 5.74) is 8.11. The maximum atomic E-state index is 13.1. The zero-order valence-corrected chi connectivity index (χ0v) is 21.5. The van der Waals surface area contributed by atoms with E-state index in [1.807, 2.05) is 35.2 Å².